The van der Waals surface area contributed by atoms with Crippen molar-refractivity contribution in [2.75, 3.05) is 34.4 Å². The number of carbonyl (C=O) groups is 2. The van der Waals surface area contributed by atoms with Gasteiger partial charge in [0.2, 0.25) is 0 Å². The number of hydrogen-bond donors (Lipinski definition) is 1. The maximum atomic E-state index is 11.5. The second-order valence-corrected chi connectivity index (χ2v) is 5.47. The Morgan fingerprint density at radius 3 is 2.65 bits per heavy atom. The summed E-state index contributed by atoms with van der Waals surface area (Å²) in [5.41, 5.74) is 0. The van der Waals surface area contributed by atoms with Crippen LogP contribution in [0.3, 0.4) is 0 Å². The standard InChI is InChI=1S/C15H26N2O6/c1-6-7-21-15(19)16-9-11-8-12(17(3)4)13(22-10(2)18)14(20-5)23-11/h6,11-14H,1,7-9H2,2-5H3,(H,16,19)/t11?,12-,13?,14-/m0/s1. The molecule has 1 aliphatic rings. The maximum absolute atomic E-state index is 11.5. The summed E-state index contributed by atoms with van der Waals surface area (Å²) in [6.45, 7) is 5.24. The highest BCUT2D eigenvalue weighted by atomic mass is 16.7. The Balaban J connectivity index is 2.66. The molecule has 0 spiro atoms. The van der Waals surface area contributed by atoms with E-state index in [9.17, 15) is 9.59 Å². The molecule has 4 atom stereocenters. The smallest absolute Gasteiger partial charge is 0.407 e. The van der Waals surface area contributed by atoms with E-state index in [1.165, 1.54) is 20.1 Å². The molecule has 0 aromatic rings. The van der Waals surface area contributed by atoms with Gasteiger partial charge in [0.05, 0.1) is 12.1 Å². The van der Waals surface area contributed by atoms with E-state index in [1.54, 1.807) is 0 Å². The molecule has 1 N–H and O–H groups in total. The molecule has 8 nitrogen and oxygen atoms in total. The third-order valence-electron chi connectivity index (χ3n) is 3.48. The molecule has 0 bridgehead atoms. The molecule has 0 aliphatic carbocycles. The van der Waals surface area contributed by atoms with Crippen molar-refractivity contribution >= 4 is 12.1 Å². The molecule has 1 heterocycles. The molecule has 0 radical (unpaired) electrons. The predicted molar refractivity (Wildman–Crippen MR) is 82.9 cm³/mol. The van der Waals surface area contributed by atoms with Gasteiger partial charge in [-0.3, -0.25) is 4.79 Å². The zero-order chi connectivity index (χ0) is 17.4. The third-order valence-corrected chi connectivity index (χ3v) is 3.48. The Bertz CT molecular complexity index is 415. The van der Waals surface area contributed by atoms with Crippen LogP contribution in [-0.2, 0) is 23.7 Å². The van der Waals surface area contributed by atoms with Gasteiger partial charge in [-0.05, 0) is 20.5 Å². The van der Waals surface area contributed by atoms with Gasteiger partial charge < -0.3 is 29.2 Å². The van der Waals surface area contributed by atoms with Gasteiger partial charge in [0.1, 0.15) is 6.61 Å². The number of carbonyl (C=O) groups excluding carboxylic acids is 2. The summed E-state index contributed by atoms with van der Waals surface area (Å²) in [7, 11) is 5.27. The first-order valence-electron chi connectivity index (χ1n) is 7.42. The average Bonchev–Trinajstić information content (AvgIpc) is 2.50. The van der Waals surface area contributed by atoms with Crippen LogP contribution in [0.5, 0.6) is 0 Å². The maximum Gasteiger partial charge on any atom is 0.407 e. The summed E-state index contributed by atoms with van der Waals surface area (Å²) in [5, 5.41) is 2.63. The number of rotatable bonds is 7. The fourth-order valence-electron chi connectivity index (χ4n) is 2.44. The van der Waals surface area contributed by atoms with Gasteiger partial charge in [-0.2, -0.15) is 0 Å². The van der Waals surface area contributed by atoms with Crippen LogP contribution >= 0.6 is 0 Å². The highest BCUT2D eigenvalue weighted by Gasteiger charge is 2.42. The fraction of sp³-hybridized carbons (Fsp3) is 0.733. The minimum atomic E-state index is -0.698. The number of amides is 1. The lowest BCUT2D eigenvalue weighted by Gasteiger charge is -2.42. The van der Waals surface area contributed by atoms with Gasteiger partial charge in [0.25, 0.3) is 0 Å². The molecule has 23 heavy (non-hydrogen) atoms. The molecule has 0 aromatic carbocycles. The molecule has 1 saturated heterocycles. The minimum Gasteiger partial charge on any atom is -0.455 e. The SMILES string of the molecule is C=CCOC(=O)NCC1C[C@H](N(C)C)C(OC(C)=O)[C@@H](OC)O1. The van der Waals surface area contributed by atoms with E-state index in [2.05, 4.69) is 11.9 Å². The number of likely N-dealkylation sites (N-methyl/N-ethyl adjacent to an activating group) is 1. The zero-order valence-electron chi connectivity index (χ0n) is 14.1. The monoisotopic (exact) mass is 330 g/mol. The Kier molecular flexibility index (Phi) is 8.01. The van der Waals surface area contributed by atoms with Gasteiger partial charge in [-0.25, -0.2) is 4.79 Å². The minimum absolute atomic E-state index is 0.0893. The van der Waals surface area contributed by atoms with Gasteiger partial charge in [-0.15, -0.1) is 0 Å². The summed E-state index contributed by atoms with van der Waals surface area (Å²) < 4.78 is 21.3. The number of methoxy groups -OCH3 is 1. The molecule has 0 aromatic heterocycles. The first kappa shape index (κ1) is 19.4. The third kappa shape index (κ3) is 6.17. The fourth-order valence-corrected chi connectivity index (χ4v) is 2.44. The quantitative estimate of drug-likeness (QED) is 0.538. The number of nitrogens with one attached hydrogen (secondary N) is 1. The predicted octanol–water partition coefficient (Wildman–Crippen LogP) is 0.522. The molecule has 132 valence electrons. The van der Waals surface area contributed by atoms with E-state index in [-0.39, 0.29) is 25.3 Å². The Morgan fingerprint density at radius 1 is 1.43 bits per heavy atom. The number of hydrogen-bond acceptors (Lipinski definition) is 7. The van der Waals surface area contributed by atoms with Crippen molar-refractivity contribution in [3.8, 4) is 0 Å². The molecule has 1 aliphatic heterocycles. The summed E-state index contributed by atoms with van der Waals surface area (Å²) in [4.78, 5) is 24.7. The van der Waals surface area contributed by atoms with Crippen molar-refractivity contribution in [1.82, 2.24) is 10.2 Å². The Morgan fingerprint density at radius 2 is 2.13 bits per heavy atom. The summed E-state index contributed by atoms with van der Waals surface area (Å²) in [5.74, 6) is -0.392. The Labute approximate surface area is 136 Å². The van der Waals surface area contributed by atoms with Crippen molar-refractivity contribution in [2.45, 2.75) is 37.9 Å². The lowest BCUT2D eigenvalue weighted by atomic mass is 9.98. The van der Waals surface area contributed by atoms with Gasteiger partial charge >= 0.3 is 12.1 Å². The van der Waals surface area contributed by atoms with Gasteiger partial charge in [-0.1, -0.05) is 12.7 Å². The average molecular weight is 330 g/mol. The summed E-state index contributed by atoms with van der Waals surface area (Å²) in [6, 6.07) is -0.0893. The number of alkyl carbamates (subject to hydrolysis) is 1. The van der Waals surface area contributed by atoms with Crippen LogP contribution in [0.4, 0.5) is 4.79 Å². The highest BCUT2D eigenvalue weighted by molar-refractivity contribution is 5.67. The lowest BCUT2D eigenvalue weighted by molar-refractivity contribution is -0.252. The first-order valence-corrected chi connectivity index (χ1v) is 7.42. The van der Waals surface area contributed by atoms with Crippen LogP contribution in [0.1, 0.15) is 13.3 Å². The van der Waals surface area contributed by atoms with Gasteiger partial charge in [0.15, 0.2) is 12.4 Å². The second kappa shape index (κ2) is 9.49. The van der Waals surface area contributed by atoms with Crippen LogP contribution in [-0.4, -0.2) is 75.9 Å². The van der Waals surface area contributed by atoms with E-state index in [0.29, 0.717) is 6.42 Å². The van der Waals surface area contributed by atoms with Crippen LogP contribution in [0.15, 0.2) is 12.7 Å². The summed E-state index contributed by atoms with van der Waals surface area (Å²) in [6.07, 6.45) is 0.0181. The topological polar surface area (TPSA) is 86.3 Å². The zero-order valence-corrected chi connectivity index (χ0v) is 14.1. The van der Waals surface area contributed by atoms with Gasteiger partial charge in [0, 0.05) is 20.6 Å². The second-order valence-electron chi connectivity index (χ2n) is 5.47. The van der Waals surface area contributed by atoms with E-state index in [1.807, 2.05) is 19.0 Å². The van der Waals surface area contributed by atoms with Crippen LogP contribution < -0.4 is 5.32 Å². The largest absolute Gasteiger partial charge is 0.455 e. The molecule has 8 heteroatoms. The molecule has 1 rings (SSSR count). The molecule has 2 unspecified atom stereocenters. The van der Waals surface area contributed by atoms with Crippen molar-refractivity contribution in [3.63, 3.8) is 0 Å². The number of nitrogens with zero attached hydrogens (tertiary/aromatic N) is 1. The normalized spacial score (nSPS) is 27.3. The highest BCUT2D eigenvalue weighted by Crippen LogP contribution is 2.26. The van der Waals surface area contributed by atoms with E-state index < -0.39 is 24.5 Å². The number of ether oxygens (including phenoxy) is 4. The van der Waals surface area contributed by atoms with Crippen LogP contribution in [0, 0.1) is 0 Å². The van der Waals surface area contributed by atoms with Crippen LogP contribution in [0.2, 0.25) is 0 Å². The van der Waals surface area contributed by atoms with Crippen LogP contribution in [0.25, 0.3) is 0 Å². The van der Waals surface area contributed by atoms with E-state index in [0.717, 1.165) is 0 Å². The lowest BCUT2D eigenvalue weighted by Crippen LogP contribution is -2.57. The first-order chi connectivity index (χ1) is 10.9. The molecular weight excluding hydrogens is 304 g/mol. The molecule has 1 fully saturated rings. The molecule has 0 saturated carbocycles. The summed E-state index contributed by atoms with van der Waals surface area (Å²) >= 11 is 0. The molecular formula is C15H26N2O6. The van der Waals surface area contributed by atoms with E-state index >= 15 is 0 Å². The van der Waals surface area contributed by atoms with Crippen molar-refractivity contribution in [2.24, 2.45) is 0 Å². The van der Waals surface area contributed by atoms with E-state index in [4.69, 9.17) is 18.9 Å². The van der Waals surface area contributed by atoms with Crippen molar-refractivity contribution in [1.29, 1.82) is 0 Å². The number of esters is 1. The van der Waals surface area contributed by atoms with Crippen molar-refractivity contribution in [3.05, 3.63) is 12.7 Å². The van der Waals surface area contributed by atoms with Crippen molar-refractivity contribution < 1.29 is 28.5 Å². The molecule has 1 amide bonds. The Hall–Kier alpha value is -1.64.